The Balaban J connectivity index is 0.000000142. The summed E-state index contributed by atoms with van der Waals surface area (Å²) in [4.78, 5) is 21.8. The lowest BCUT2D eigenvalue weighted by Crippen LogP contribution is -1.89. The lowest BCUT2D eigenvalue weighted by atomic mass is 10.2. The number of nitrogens with two attached hydrogens (primary N) is 1. The van der Waals surface area contributed by atoms with E-state index in [0.29, 0.717) is 23.2 Å². The molecule has 2 N–H and O–H groups in total. The van der Waals surface area contributed by atoms with E-state index in [1.807, 2.05) is 24.3 Å². The molecule has 0 fully saturated rings. The summed E-state index contributed by atoms with van der Waals surface area (Å²) in [5.41, 5.74) is 8.69. The molecular weight excluding hydrogens is 574 g/mol. The van der Waals surface area contributed by atoms with Crippen molar-refractivity contribution >= 4 is 31.1 Å². The number of rotatable bonds is 5. The zero-order chi connectivity index (χ0) is 29.2. The van der Waals surface area contributed by atoms with Crippen LogP contribution in [0.3, 0.4) is 0 Å². The van der Waals surface area contributed by atoms with Gasteiger partial charge in [-0.15, -0.1) is 0 Å². The topological polar surface area (TPSA) is 181 Å². The van der Waals surface area contributed by atoms with E-state index in [-0.39, 0.29) is 10.6 Å². The zero-order valence-electron chi connectivity index (χ0n) is 20.9. The Bertz CT molecular complexity index is 1760. The summed E-state index contributed by atoms with van der Waals surface area (Å²) in [7, 11) is 1.50. The van der Waals surface area contributed by atoms with Gasteiger partial charge in [0, 0.05) is 45.2 Å². The molecule has 3 heterocycles. The van der Waals surface area contributed by atoms with Crippen molar-refractivity contribution in [2.45, 2.75) is 4.90 Å². The van der Waals surface area contributed by atoms with E-state index in [1.54, 1.807) is 36.7 Å². The molecule has 0 bridgehead atoms. The molecule has 6 aromatic rings. The molecule has 208 valence electrons. The van der Waals surface area contributed by atoms with Gasteiger partial charge in [0.15, 0.2) is 0 Å². The lowest BCUT2D eigenvalue weighted by Gasteiger charge is -1.97. The number of nitrogens with zero attached hydrogens (tertiary/aromatic N) is 4. The van der Waals surface area contributed by atoms with Crippen molar-refractivity contribution in [3.8, 4) is 34.4 Å². The Morgan fingerprint density at radius 1 is 0.659 bits per heavy atom. The molecular formula is C27H20ClN5O7S. The monoisotopic (exact) mass is 593 g/mol. The number of nitrogen functional groups attached to an aromatic ring is 1. The molecule has 0 aliphatic rings. The van der Waals surface area contributed by atoms with E-state index >= 15 is 0 Å². The van der Waals surface area contributed by atoms with Crippen LogP contribution in [0.1, 0.15) is 0 Å². The Hall–Kier alpha value is -5.27. The summed E-state index contributed by atoms with van der Waals surface area (Å²) < 4.78 is 37.1. The van der Waals surface area contributed by atoms with Crippen LogP contribution in [0.15, 0.2) is 128 Å². The number of aromatic nitrogens is 3. The number of benzene rings is 3. The minimum atomic E-state index is -3.67. The molecule has 0 aliphatic carbocycles. The predicted octanol–water partition coefficient (Wildman–Crippen LogP) is 6.44. The molecule has 14 heteroatoms. The highest BCUT2D eigenvalue weighted by Crippen LogP contribution is 2.22. The van der Waals surface area contributed by atoms with Gasteiger partial charge < -0.3 is 19.0 Å². The first-order chi connectivity index (χ1) is 19.7. The average molecular weight is 594 g/mol. The van der Waals surface area contributed by atoms with Crippen LogP contribution in [-0.2, 0) is 9.05 Å². The van der Waals surface area contributed by atoms with Crippen molar-refractivity contribution in [2.75, 3.05) is 5.73 Å². The van der Waals surface area contributed by atoms with E-state index in [1.165, 1.54) is 49.2 Å². The van der Waals surface area contributed by atoms with Crippen molar-refractivity contribution in [1.82, 2.24) is 15.0 Å². The molecule has 3 aromatic heterocycles. The van der Waals surface area contributed by atoms with Gasteiger partial charge in [-0.05, 0) is 60.7 Å². The summed E-state index contributed by atoms with van der Waals surface area (Å²) in [6, 6.07) is 19.4. The largest absolute Gasteiger partial charge is 0.445 e. The van der Waals surface area contributed by atoms with Gasteiger partial charge in [-0.25, -0.2) is 23.4 Å². The molecule has 0 aliphatic heterocycles. The van der Waals surface area contributed by atoms with E-state index < -0.39 is 14.0 Å². The minimum absolute atomic E-state index is 0.0551. The second-order valence-electron chi connectivity index (χ2n) is 7.90. The summed E-state index contributed by atoms with van der Waals surface area (Å²) in [6.45, 7) is 0. The summed E-state index contributed by atoms with van der Waals surface area (Å²) in [5.74, 6) is 1.52. The predicted molar refractivity (Wildman–Crippen MR) is 150 cm³/mol. The van der Waals surface area contributed by atoms with Gasteiger partial charge in [0.1, 0.15) is 18.8 Å². The van der Waals surface area contributed by atoms with E-state index in [4.69, 9.17) is 29.7 Å². The number of nitro benzene ring substituents is 1. The first kappa shape index (κ1) is 28.7. The number of hydrogen-bond acceptors (Lipinski definition) is 11. The SMILES string of the molecule is Nc1ccc(-c2ncco2)cc1.O=S(=O)(Cl)c1ccc(-c2ncco2)cc1.O=[N+]([O-])c1ccc(-c2ncco2)cc1. The van der Waals surface area contributed by atoms with Crippen molar-refractivity contribution in [3.05, 3.63) is 120 Å². The quantitative estimate of drug-likeness (QED) is 0.100. The molecule has 0 spiro atoms. The van der Waals surface area contributed by atoms with Gasteiger partial charge in [-0.1, -0.05) is 0 Å². The van der Waals surface area contributed by atoms with Gasteiger partial charge in [0.2, 0.25) is 17.7 Å². The molecule has 0 saturated carbocycles. The number of nitro groups is 1. The Morgan fingerprint density at radius 2 is 1.02 bits per heavy atom. The van der Waals surface area contributed by atoms with Gasteiger partial charge in [0.05, 0.1) is 28.4 Å². The van der Waals surface area contributed by atoms with Crippen LogP contribution in [-0.4, -0.2) is 28.3 Å². The number of non-ortho nitro benzene ring substituents is 1. The zero-order valence-corrected chi connectivity index (χ0v) is 22.5. The number of halogens is 1. The van der Waals surface area contributed by atoms with Crippen LogP contribution in [0.25, 0.3) is 34.4 Å². The molecule has 41 heavy (non-hydrogen) atoms. The Kier molecular flexibility index (Phi) is 9.24. The average Bonchev–Trinajstić information content (AvgIpc) is 3.78. The highest BCUT2D eigenvalue weighted by atomic mass is 35.7. The summed E-state index contributed by atoms with van der Waals surface area (Å²) >= 11 is 0. The fraction of sp³-hybridized carbons (Fsp3) is 0. The van der Waals surface area contributed by atoms with Gasteiger partial charge in [0.25, 0.3) is 14.7 Å². The van der Waals surface area contributed by atoms with Crippen molar-refractivity contribution < 1.29 is 26.6 Å². The maximum atomic E-state index is 11.0. The molecule has 3 aromatic carbocycles. The third kappa shape index (κ3) is 8.11. The molecule has 0 amide bonds. The van der Waals surface area contributed by atoms with Crippen molar-refractivity contribution in [3.63, 3.8) is 0 Å². The van der Waals surface area contributed by atoms with Crippen LogP contribution in [0, 0.1) is 10.1 Å². The van der Waals surface area contributed by atoms with Gasteiger partial charge >= 0.3 is 0 Å². The third-order valence-corrected chi connectivity index (χ3v) is 6.53. The van der Waals surface area contributed by atoms with Crippen molar-refractivity contribution in [1.29, 1.82) is 0 Å². The highest BCUT2D eigenvalue weighted by Gasteiger charge is 2.10. The molecule has 12 nitrogen and oxygen atoms in total. The van der Waals surface area contributed by atoms with E-state index in [9.17, 15) is 18.5 Å². The number of anilines is 1. The number of oxazole rings is 3. The maximum Gasteiger partial charge on any atom is 0.269 e. The van der Waals surface area contributed by atoms with Crippen LogP contribution in [0.4, 0.5) is 11.4 Å². The van der Waals surface area contributed by atoms with Crippen LogP contribution >= 0.6 is 10.7 Å². The first-order valence-corrected chi connectivity index (χ1v) is 13.9. The molecule has 6 rings (SSSR count). The summed E-state index contributed by atoms with van der Waals surface area (Å²) in [6.07, 6.45) is 9.11. The van der Waals surface area contributed by atoms with E-state index in [0.717, 1.165) is 16.8 Å². The Labute approximate surface area is 237 Å². The van der Waals surface area contributed by atoms with Gasteiger partial charge in [-0.2, -0.15) is 0 Å². The maximum absolute atomic E-state index is 11.0. The smallest absolute Gasteiger partial charge is 0.269 e. The third-order valence-electron chi connectivity index (χ3n) is 5.16. The molecule has 0 atom stereocenters. The van der Waals surface area contributed by atoms with Crippen molar-refractivity contribution in [2.24, 2.45) is 0 Å². The number of hydrogen-bond donors (Lipinski definition) is 1. The summed E-state index contributed by atoms with van der Waals surface area (Å²) in [5, 5.41) is 10.4. The second-order valence-corrected chi connectivity index (χ2v) is 10.5. The van der Waals surface area contributed by atoms with Crippen LogP contribution in [0.2, 0.25) is 0 Å². The lowest BCUT2D eigenvalue weighted by molar-refractivity contribution is -0.384. The van der Waals surface area contributed by atoms with Crippen LogP contribution < -0.4 is 5.73 Å². The Morgan fingerprint density at radius 3 is 1.34 bits per heavy atom. The fourth-order valence-electron chi connectivity index (χ4n) is 3.21. The first-order valence-electron chi connectivity index (χ1n) is 11.5. The molecule has 0 saturated heterocycles. The minimum Gasteiger partial charge on any atom is -0.445 e. The normalized spacial score (nSPS) is 10.6. The van der Waals surface area contributed by atoms with Crippen LogP contribution in [0.5, 0.6) is 0 Å². The highest BCUT2D eigenvalue weighted by molar-refractivity contribution is 8.13. The molecule has 0 radical (unpaired) electrons. The molecule has 0 unspecified atom stereocenters. The standard InChI is InChI=1S/C9H6ClNO3S.C9H6N2O3.C9H8N2O/c10-15(12,13)8-3-1-7(2-4-8)9-11-5-6-14-9;12-11(13)8-3-1-7(2-4-8)9-10-5-6-14-9;10-8-3-1-7(2-4-8)9-11-5-6-12-9/h1-6H;1-6H;1-6H,10H2. The fourth-order valence-corrected chi connectivity index (χ4v) is 3.98. The van der Waals surface area contributed by atoms with Gasteiger partial charge in [-0.3, -0.25) is 10.1 Å². The van der Waals surface area contributed by atoms with E-state index in [2.05, 4.69) is 15.0 Å². The second kappa shape index (κ2) is 13.2.